The van der Waals surface area contributed by atoms with Gasteiger partial charge in [0.15, 0.2) is 6.10 Å². The van der Waals surface area contributed by atoms with Crippen LogP contribution in [-0.2, 0) is 4.74 Å². The molecule has 0 radical (unpaired) electrons. The summed E-state index contributed by atoms with van der Waals surface area (Å²) in [6.07, 6.45) is 12.1. The van der Waals surface area contributed by atoms with Gasteiger partial charge in [0.2, 0.25) is 0 Å². The van der Waals surface area contributed by atoms with Gasteiger partial charge in [-0.05, 0) is 12.8 Å². The van der Waals surface area contributed by atoms with Gasteiger partial charge in [0.05, 0.1) is 0 Å². The molecule has 0 aromatic heterocycles. The minimum atomic E-state index is -0.121. The SMILES string of the molecule is C#CC(CCCCC)OC#CC. The third kappa shape index (κ3) is 5.69. The molecule has 0 N–H and O–H groups in total. The van der Waals surface area contributed by atoms with E-state index in [1.54, 1.807) is 6.92 Å². The molecule has 0 aliphatic carbocycles. The first-order valence-corrected chi connectivity index (χ1v) is 4.38. The number of hydrogen-bond donors (Lipinski definition) is 0. The van der Waals surface area contributed by atoms with Crippen molar-refractivity contribution >= 4 is 0 Å². The van der Waals surface area contributed by atoms with Gasteiger partial charge in [-0.2, -0.15) is 0 Å². The van der Waals surface area contributed by atoms with Crippen LogP contribution in [0, 0.1) is 24.4 Å². The van der Waals surface area contributed by atoms with E-state index in [1.807, 2.05) is 0 Å². The van der Waals surface area contributed by atoms with Crippen LogP contribution in [0.3, 0.4) is 0 Å². The summed E-state index contributed by atoms with van der Waals surface area (Å²) in [5, 5.41) is 0. The van der Waals surface area contributed by atoms with Gasteiger partial charge in [-0.15, -0.1) is 6.42 Å². The van der Waals surface area contributed by atoms with Gasteiger partial charge in [-0.25, -0.2) is 0 Å². The Kier molecular flexibility index (Phi) is 7.30. The molecule has 0 rings (SSSR count). The second-order valence-corrected chi connectivity index (χ2v) is 2.62. The summed E-state index contributed by atoms with van der Waals surface area (Å²) < 4.78 is 5.09. The quantitative estimate of drug-likeness (QED) is 0.448. The van der Waals surface area contributed by atoms with Gasteiger partial charge in [0, 0.05) is 6.92 Å². The van der Waals surface area contributed by atoms with Gasteiger partial charge in [-0.1, -0.05) is 31.6 Å². The van der Waals surface area contributed by atoms with E-state index in [4.69, 9.17) is 11.2 Å². The highest BCUT2D eigenvalue weighted by Crippen LogP contribution is 2.05. The van der Waals surface area contributed by atoms with Crippen LogP contribution in [0.5, 0.6) is 0 Å². The van der Waals surface area contributed by atoms with Crippen LogP contribution in [0.4, 0.5) is 0 Å². The minimum Gasteiger partial charge on any atom is -0.430 e. The molecule has 0 saturated heterocycles. The summed E-state index contributed by atoms with van der Waals surface area (Å²) in [6.45, 7) is 3.90. The van der Waals surface area contributed by atoms with Crippen LogP contribution < -0.4 is 0 Å². The lowest BCUT2D eigenvalue weighted by Crippen LogP contribution is -2.06. The smallest absolute Gasteiger partial charge is 0.170 e. The van der Waals surface area contributed by atoms with Gasteiger partial charge in [0.1, 0.15) is 6.11 Å². The van der Waals surface area contributed by atoms with Crippen molar-refractivity contribution in [3.8, 4) is 24.4 Å². The Hall–Kier alpha value is -1.08. The highest BCUT2D eigenvalue weighted by Gasteiger charge is 2.02. The fourth-order valence-electron chi connectivity index (χ4n) is 0.886. The average molecular weight is 164 g/mol. The van der Waals surface area contributed by atoms with E-state index in [0.717, 1.165) is 12.8 Å². The standard InChI is InChI=1S/C11H16O/c1-4-7-8-9-11(6-3)12-10-5-2/h3,11H,4,7-9H2,1-2H3. The van der Waals surface area contributed by atoms with Crippen molar-refractivity contribution in [2.75, 3.05) is 0 Å². The van der Waals surface area contributed by atoms with Gasteiger partial charge >= 0.3 is 0 Å². The van der Waals surface area contributed by atoms with Gasteiger partial charge in [0.25, 0.3) is 0 Å². The van der Waals surface area contributed by atoms with Crippen molar-refractivity contribution in [1.82, 2.24) is 0 Å². The third-order valence-electron chi connectivity index (χ3n) is 1.56. The Labute approximate surface area is 75.5 Å². The molecular weight excluding hydrogens is 148 g/mol. The average Bonchev–Trinajstić information content (AvgIpc) is 2.11. The van der Waals surface area contributed by atoms with E-state index in [2.05, 4.69) is 24.9 Å². The Morgan fingerprint density at radius 2 is 2.17 bits per heavy atom. The number of unbranched alkanes of at least 4 members (excludes halogenated alkanes) is 2. The Balaban J connectivity index is 3.53. The summed E-state index contributed by atoms with van der Waals surface area (Å²) in [5.41, 5.74) is 0. The summed E-state index contributed by atoms with van der Waals surface area (Å²) in [4.78, 5) is 0. The summed E-state index contributed by atoms with van der Waals surface area (Å²) in [7, 11) is 0. The van der Waals surface area contributed by atoms with Crippen LogP contribution >= 0.6 is 0 Å². The van der Waals surface area contributed by atoms with E-state index in [1.165, 1.54) is 12.8 Å². The first-order valence-electron chi connectivity index (χ1n) is 4.38. The third-order valence-corrected chi connectivity index (χ3v) is 1.56. The minimum absolute atomic E-state index is 0.121. The van der Waals surface area contributed by atoms with Crippen molar-refractivity contribution in [3.63, 3.8) is 0 Å². The Bertz CT molecular complexity index is 189. The van der Waals surface area contributed by atoms with Gasteiger partial charge in [-0.3, -0.25) is 0 Å². The van der Waals surface area contributed by atoms with Crippen molar-refractivity contribution in [3.05, 3.63) is 0 Å². The Morgan fingerprint density at radius 3 is 2.67 bits per heavy atom. The first-order chi connectivity index (χ1) is 5.85. The molecule has 0 saturated carbocycles. The molecule has 1 nitrogen and oxygen atoms in total. The van der Waals surface area contributed by atoms with Crippen molar-refractivity contribution in [1.29, 1.82) is 0 Å². The van der Waals surface area contributed by atoms with Crippen LogP contribution in [0.15, 0.2) is 0 Å². The molecule has 0 heterocycles. The number of ether oxygens (including phenoxy) is 1. The van der Waals surface area contributed by atoms with E-state index in [9.17, 15) is 0 Å². The molecule has 66 valence electrons. The van der Waals surface area contributed by atoms with Crippen molar-refractivity contribution in [2.45, 2.75) is 45.6 Å². The molecule has 0 bridgehead atoms. The van der Waals surface area contributed by atoms with Crippen LogP contribution in [-0.4, -0.2) is 6.10 Å². The lowest BCUT2D eigenvalue weighted by molar-refractivity contribution is 0.206. The fourth-order valence-corrected chi connectivity index (χ4v) is 0.886. The molecule has 0 aromatic carbocycles. The predicted molar refractivity (Wildman–Crippen MR) is 51.3 cm³/mol. The molecule has 1 atom stereocenters. The molecule has 0 fully saturated rings. The monoisotopic (exact) mass is 164 g/mol. The highest BCUT2D eigenvalue weighted by atomic mass is 16.5. The van der Waals surface area contributed by atoms with E-state index < -0.39 is 0 Å². The molecule has 12 heavy (non-hydrogen) atoms. The lowest BCUT2D eigenvalue weighted by Gasteiger charge is -2.06. The largest absolute Gasteiger partial charge is 0.430 e. The molecule has 0 aliphatic rings. The maximum Gasteiger partial charge on any atom is 0.170 e. The van der Waals surface area contributed by atoms with Gasteiger partial charge < -0.3 is 4.74 Å². The number of hydrogen-bond acceptors (Lipinski definition) is 1. The van der Waals surface area contributed by atoms with Crippen LogP contribution in [0.25, 0.3) is 0 Å². The molecule has 1 heteroatoms. The maximum atomic E-state index is 5.25. The lowest BCUT2D eigenvalue weighted by atomic mass is 10.1. The molecular formula is C11H16O. The summed E-state index contributed by atoms with van der Waals surface area (Å²) in [6, 6.07) is 0. The second kappa shape index (κ2) is 8.02. The highest BCUT2D eigenvalue weighted by molar-refractivity contribution is 4.98. The molecule has 0 aromatic rings. The van der Waals surface area contributed by atoms with Crippen LogP contribution in [0.2, 0.25) is 0 Å². The zero-order chi connectivity index (χ0) is 9.23. The Morgan fingerprint density at radius 1 is 1.42 bits per heavy atom. The molecule has 1 unspecified atom stereocenters. The zero-order valence-corrected chi connectivity index (χ0v) is 7.89. The molecule has 0 spiro atoms. The normalized spacial score (nSPS) is 10.8. The predicted octanol–water partition coefficient (Wildman–Crippen LogP) is 2.57. The fraction of sp³-hybridized carbons (Fsp3) is 0.636. The number of terminal acetylenes is 1. The molecule has 0 amide bonds. The zero-order valence-electron chi connectivity index (χ0n) is 7.89. The number of rotatable bonds is 5. The van der Waals surface area contributed by atoms with E-state index >= 15 is 0 Å². The van der Waals surface area contributed by atoms with Crippen molar-refractivity contribution < 1.29 is 4.74 Å². The van der Waals surface area contributed by atoms with E-state index in [-0.39, 0.29) is 6.10 Å². The first kappa shape index (κ1) is 10.9. The van der Waals surface area contributed by atoms with Crippen molar-refractivity contribution in [2.24, 2.45) is 0 Å². The summed E-state index contributed by atoms with van der Waals surface area (Å²) in [5.74, 6) is 5.23. The van der Waals surface area contributed by atoms with Crippen LogP contribution in [0.1, 0.15) is 39.5 Å². The maximum absolute atomic E-state index is 5.25. The molecule has 0 aliphatic heterocycles. The topological polar surface area (TPSA) is 9.23 Å². The second-order valence-electron chi connectivity index (χ2n) is 2.62. The van der Waals surface area contributed by atoms with E-state index in [0.29, 0.717) is 0 Å². The summed E-state index contributed by atoms with van der Waals surface area (Å²) >= 11 is 0.